The lowest BCUT2D eigenvalue weighted by atomic mass is 9.81. The molecule has 0 aliphatic carbocycles. The molecule has 0 heteroatoms. The molecule has 10 heavy (non-hydrogen) atoms. The van der Waals surface area contributed by atoms with E-state index < -0.39 is 0 Å². The zero-order chi connectivity index (χ0) is 8.20. The molecule has 0 heterocycles. The normalized spacial score (nSPS) is 13.9. The first kappa shape index (κ1) is 9.74. The fourth-order valence-corrected chi connectivity index (χ4v) is 1.21. The van der Waals surface area contributed by atoms with Crippen LogP contribution in [0.4, 0.5) is 0 Å². The molecule has 0 fully saturated rings. The molecular weight excluding hydrogens is 120 g/mol. The Kier molecular flexibility index (Phi) is 3.70. The van der Waals surface area contributed by atoms with Crippen LogP contribution < -0.4 is 0 Å². The van der Waals surface area contributed by atoms with Gasteiger partial charge in [-0.3, -0.25) is 0 Å². The lowest BCUT2D eigenvalue weighted by molar-refractivity contribution is 0.402. The molecule has 0 aliphatic heterocycles. The first-order valence-corrected chi connectivity index (χ1v) is 4.18. The highest BCUT2D eigenvalue weighted by Crippen LogP contribution is 2.30. The molecule has 60 valence electrons. The average Bonchev–Trinajstić information content (AvgIpc) is 1.86. The van der Waals surface area contributed by atoms with Gasteiger partial charge in [0.1, 0.15) is 0 Å². The Bertz CT molecular complexity index is 118. The van der Waals surface area contributed by atoms with Crippen molar-refractivity contribution in [3.8, 4) is 0 Å². The summed E-state index contributed by atoms with van der Waals surface area (Å²) in [6.45, 7) is 11.2. The third kappa shape index (κ3) is 2.55. The highest BCUT2D eigenvalue weighted by atomic mass is 14.2. The summed E-state index contributed by atoms with van der Waals surface area (Å²) in [6.07, 6.45) is 4.79. The van der Waals surface area contributed by atoms with Crippen molar-refractivity contribution >= 4 is 0 Å². The van der Waals surface area contributed by atoms with E-state index in [9.17, 15) is 0 Å². The maximum atomic E-state index is 2.31. The number of hydrogen-bond acceptors (Lipinski definition) is 0. The molecule has 0 nitrogen and oxygen atoms in total. The monoisotopic (exact) mass is 140 g/mol. The Balaban J connectivity index is 4.10. The standard InChI is InChI=1S/C10H20/c1-6-8-10(4,5)9(3)7-2/h7H,6,8H2,1-5H3. The highest BCUT2D eigenvalue weighted by molar-refractivity contribution is 5.07. The predicted octanol–water partition coefficient (Wildman–Crippen LogP) is 3.78. The second-order valence-electron chi connectivity index (χ2n) is 3.61. The summed E-state index contributed by atoms with van der Waals surface area (Å²) in [6, 6.07) is 0. The van der Waals surface area contributed by atoms with Crippen molar-refractivity contribution in [1.82, 2.24) is 0 Å². The van der Waals surface area contributed by atoms with Crippen molar-refractivity contribution in [2.24, 2.45) is 5.41 Å². The van der Waals surface area contributed by atoms with Crippen molar-refractivity contribution in [3.63, 3.8) is 0 Å². The smallest absolute Gasteiger partial charge is 0.0148 e. The Morgan fingerprint density at radius 3 is 2.20 bits per heavy atom. The van der Waals surface area contributed by atoms with Gasteiger partial charge in [-0.1, -0.05) is 38.8 Å². The molecule has 0 amide bonds. The third-order valence-corrected chi connectivity index (χ3v) is 2.38. The molecule has 0 N–H and O–H groups in total. The molecule has 0 aromatic rings. The molecule has 0 aromatic heterocycles. The molecule has 0 bridgehead atoms. The van der Waals surface area contributed by atoms with Crippen LogP contribution in [0.25, 0.3) is 0 Å². The van der Waals surface area contributed by atoms with Crippen molar-refractivity contribution in [3.05, 3.63) is 11.6 Å². The molecule has 0 saturated heterocycles. The molecule has 0 atom stereocenters. The Hall–Kier alpha value is -0.260. The largest absolute Gasteiger partial charge is 0.0882 e. The van der Waals surface area contributed by atoms with Crippen molar-refractivity contribution in [1.29, 1.82) is 0 Å². The lowest BCUT2D eigenvalue weighted by Crippen LogP contribution is -2.11. The van der Waals surface area contributed by atoms with Crippen molar-refractivity contribution in [2.75, 3.05) is 0 Å². The predicted molar refractivity (Wildman–Crippen MR) is 48.1 cm³/mol. The van der Waals surface area contributed by atoms with Crippen LogP contribution in [0.2, 0.25) is 0 Å². The maximum Gasteiger partial charge on any atom is -0.0148 e. The van der Waals surface area contributed by atoms with Crippen LogP contribution in [0.3, 0.4) is 0 Å². The van der Waals surface area contributed by atoms with E-state index in [1.54, 1.807) is 0 Å². The summed E-state index contributed by atoms with van der Waals surface area (Å²) in [5.41, 5.74) is 1.93. The van der Waals surface area contributed by atoms with Gasteiger partial charge in [0.05, 0.1) is 0 Å². The van der Waals surface area contributed by atoms with Crippen LogP contribution in [-0.2, 0) is 0 Å². The first-order chi connectivity index (χ1) is 4.54. The van der Waals surface area contributed by atoms with Gasteiger partial charge in [-0.2, -0.15) is 0 Å². The molecule has 0 unspecified atom stereocenters. The summed E-state index contributed by atoms with van der Waals surface area (Å²) < 4.78 is 0. The van der Waals surface area contributed by atoms with E-state index in [0.717, 1.165) is 0 Å². The zero-order valence-corrected chi connectivity index (χ0v) is 7.99. The van der Waals surface area contributed by atoms with Crippen LogP contribution >= 0.6 is 0 Å². The van der Waals surface area contributed by atoms with E-state index in [0.29, 0.717) is 5.41 Å². The second-order valence-corrected chi connectivity index (χ2v) is 3.61. The van der Waals surface area contributed by atoms with Crippen LogP contribution in [0, 0.1) is 5.41 Å². The quantitative estimate of drug-likeness (QED) is 0.523. The molecule has 0 rings (SSSR count). The van der Waals surface area contributed by atoms with Gasteiger partial charge in [-0.15, -0.1) is 0 Å². The minimum atomic E-state index is 0.420. The Morgan fingerprint density at radius 2 is 1.90 bits per heavy atom. The van der Waals surface area contributed by atoms with Crippen LogP contribution in [0.5, 0.6) is 0 Å². The van der Waals surface area contributed by atoms with Crippen molar-refractivity contribution < 1.29 is 0 Å². The number of hydrogen-bond donors (Lipinski definition) is 0. The van der Waals surface area contributed by atoms with E-state index in [1.165, 1.54) is 18.4 Å². The van der Waals surface area contributed by atoms with Crippen LogP contribution in [0.15, 0.2) is 11.6 Å². The molecular formula is C10H20. The van der Waals surface area contributed by atoms with Crippen LogP contribution in [0.1, 0.15) is 47.5 Å². The van der Waals surface area contributed by atoms with E-state index >= 15 is 0 Å². The van der Waals surface area contributed by atoms with Gasteiger partial charge in [0.15, 0.2) is 0 Å². The first-order valence-electron chi connectivity index (χ1n) is 4.18. The summed E-state index contributed by atoms with van der Waals surface area (Å²) in [7, 11) is 0. The van der Waals surface area contributed by atoms with Gasteiger partial charge in [0, 0.05) is 0 Å². The zero-order valence-electron chi connectivity index (χ0n) is 7.99. The topological polar surface area (TPSA) is 0 Å². The number of allylic oxidation sites excluding steroid dienone is 2. The fraction of sp³-hybridized carbons (Fsp3) is 0.800. The molecule has 0 saturated carbocycles. The van der Waals surface area contributed by atoms with Gasteiger partial charge in [-0.05, 0) is 25.7 Å². The fourth-order valence-electron chi connectivity index (χ4n) is 1.21. The Labute approximate surface area is 65.3 Å². The summed E-state index contributed by atoms with van der Waals surface area (Å²) in [5, 5.41) is 0. The minimum Gasteiger partial charge on any atom is -0.0882 e. The summed E-state index contributed by atoms with van der Waals surface area (Å²) in [4.78, 5) is 0. The molecule has 0 radical (unpaired) electrons. The van der Waals surface area contributed by atoms with E-state index in [1.807, 2.05) is 0 Å². The third-order valence-electron chi connectivity index (χ3n) is 2.38. The van der Waals surface area contributed by atoms with Crippen LogP contribution in [-0.4, -0.2) is 0 Å². The number of rotatable bonds is 3. The molecule has 0 aliphatic rings. The van der Waals surface area contributed by atoms with Gasteiger partial charge >= 0.3 is 0 Å². The van der Waals surface area contributed by atoms with Crippen molar-refractivity contribution in [2.45, 2.75) is 47.5 Å². The Morgan fingerprint density at radius 1 is 1.40 bits per heavy atom. The summed E-state index contributed by atoms with van der Waals surface area (Å²) >= 11 is 0. The van der Waals surface area contributed by atoms with E-state index in [-0.39, 0.29) is 0 Å². The van der Waals surface area contributed by atoms with Gasteiger partial charge < -0.3 is 0 Å². The average molecular weight is 140 g/mol. The lowest BCUT2D eigenvalue weighted by Gasteiger charge is -2.24. The highest BCUT2D eigenvalue weighted by Gasteiger charge is 2.17. The summed E-state index contributed by atoms with van der Waals surface area (Å²) in [5.74, 6) is 0. The van der Waals surface area contributed by atoms with Gasteiger partial charge in [0.2, 0.25) is 0 Å². The molecule has 0 aromatic carbocycles. The van der Waals surface area contributed by atoms with Gasteiger partial charge in [0.25, 0.3) is 0 Å². The second kappa shape index (κ2) is 3.80. The van der Waals surface area contributed by atoms with E-state index in [2.05, 4.69) is 40.7 Å². The maximum absolute atomic E-state index is 2.31. The molecule has 0 spiro atoms. The SMILES string of the molecule is CC=C(C)C(C)(C)CCC. The minimum absolute atomic E-state index is 0.420. The van der Waals surface area contributed by atoms with E-state index in [4.69, 9.17) is 0 Å². The van der Waals surface area contributed by atoms with Gasteiger partial charge in [-0.25, -0.2) is 0 Å².